The predicted molar refractivity (Wildman–Crippen MR) is 52.1 cm³/mol. The van der Waals surface area contributed by atoms with Crippen LogP contribution in [0.3, 0.4) is 0 Å². The van der Waals surface area contributed by atoms with Gasteiger partial charge in [-0.25, -0.2) is 0 Å². The molecule has 1 N–H and O–H groups in total. The van der Waals surface area contributed by atoms with Gasteiger partial charge in [0.2, 0.25) is 0 Å². The summed E-state index contributed by atoms with van der Waals surface area (Å²) in [4.78, 5) is 10.8. The molecule has 0 aliphatic rings. The summed E-state index contributed by atoms with van der Waals surface area (Å²) in [5.74, 6) is 0. The molecule has 0 fully saturated rings. The maximum Gasteiger partial charge on any atom is 0.137 e. The topological polar surface area (TPSA) is 29.1 Å². The number of carbonyl (C=O) groups is 1. The van der Waals surface area contributed by atoms with Gasteiger partial charge in [0.05, 0.1) is 6.04 Å². The first kappa shape index (κ1) is 11.6. The van der Waals surface area contributed by atoms with E-state index in [2.05, 4.69) is 39.9 Å². The largest absolute Gasteiger partial charge is 0.310 e. The fourth-order valence-corrected chi connectivity index (χ4v) is 1.07. The van der Waals surface area contributed by atoms with E-state index in [1.165, 1.54) is 0 Å². The number of aldehydes is 1. The summed E-state index contributed by atoms with van der Waals surface area (Å²) >= 11 is 0. The number of likely N-dealkylation sites (N-methyl/N-ethyl adjacent to an activating group) is 1. The Hall–Kier alpha value is -0.370. The van der Waals surface area contributed by atoms with E-state index in [1.807, 2.05) is 7.05 Å². The van der Waals surface area contributed by atoms with Crippen LogP contribution in [0.1, 0.15) is 34.6 Å². The molecule has 0 spiro atoms. The molecule has 0 rings (SSSR count). The van der Waals surface area contributed by atoms with Crippen molar-refractivity contribution in [1.29, 1.82) is 0 Å². The van der Waals surface area contributed by atoms with Gasteiger partial charge in [-0.1, -0.05) is 34.6 Å². The predicted octanol–water partition coefficient (Wildman–Crippen LogP) is 1.85. The first-order valence-electron chi connectivity index (χ1n) is 4.40. The molecule has 0 amide bonds. The van der Waals surface area contributed by atoms with Gasteiger partial charge in [-0.15, -0.1) is 0 Å². The molecule has 0 saturated heterocycles. The monoisotopic (exact) mass is 171 g/mol. The summed E-state index contributed by atoms with van der Waals surface area (Å²) in [6, 6.07) is -0.0718. The summed E-state index contributed by atoms with van der Waals surface area (Å²) in [5.41, 5.74) is 0.102. The molecule has 72 valence electrons. The average molecular weight is 171 g/mol. The molecule has 0 aromatic rings. The zero-order valence-electron chi connectivity index (χ0n) is 9.06. The van der Waals surface area contributed by atoms with Gasteiger partial charge < -0.3 is 10.1 Å². The molecule has 0 saturated carbocycles. The summed E-state index contributed by atoms with van der Waals surface area (Å²) < 4.78 is 0. The molecule has 0 aromatic carbocycles. The molecule has 1 atom stereocenters. The minimum atomic E-state index is -0.0718. The lowest BCUT2D eigenvalue weighted by Crippen LogP contribution is -2.48. The van der Waals surface area contributed by atoms with Crippen LogP contribution in [0, 0.1) is 10.8 Å². The van der Waals surface area contributed by atoms with Gasteiger partial charge in [-0.3, -0.25) is 0 Å². The Morgan fingerprint density at radius 2 is 1.58 bits per heavy atom. The number of rotatable bonds is 3. The first-order chi connectivity index (χ1) is 5.27. The maximum atomic E-state index is 10.8. The summed E-state index contributed by atoms with van der Waals surface area (Å²) in [5, 5.41) is 3.03. The second-order valence-corrected chi connectivity index (χ2v) is 4.87. The van der Waals surface area contributed by atoms with E-state index in [9.17, 15) is 4.79 Å². The molecular formula is C10H21NO. The fraction of sp³-hybridized carbons (Fsp3) is 0.900. The summed E-state index contributed by atoms with van der Waals surface area (Å²) in [7, 11) is 1.83. The smallest absolute Gasteiger partial charge is 0.137 e. The molecular weight excluding hydrogens is 150 g/mol. The van der Waals surface area contributed by atoms with Crippen molar-refractivity contribution in [1.82, 2.24) is 5.32 Å². The zero-order valence-corrected chi connectivity index (χ0v) is 9.06. The van der Waals surface area contributed by atoms with Crippen LogP contribution in [-0.4, -0.2) is 19.4 Å². The molecule has 1 unspecified atom stereocenters. The number of hydrogen-bond donors (Lipinski definition) is 1. The number of nitrogens with one attached hydrogen (secondary N) is 1. The van der Waals surface area contributed by atoms with Crippen LogP contribution in [0.4, 0.5) is 0 Å². The molecule has 0 radical (unpaired) electrons. The summed E-state index contributed by atoms with van der Waals surface area (Å²) in [6.45, 7) is 10.7. The molecule has 0 bridgehead atoms. The van der Waals surface area contributed by atoms with E-state index in [4.69, 9.17) is 0 Å². The SMILES string of the molecule is CNC(C=O)C(C)(C)C(C)(C)C. The van der Waals surface area contributed by atoms with Crippen molar-refractivity contribution < 1.29 is 4.79 Å². The quantitative estimate of drug-likeness (QED) is 0.656. The fourth-order valence-electron chi connectivity index (χ4n) is 1.07. The Labute approximate surface area is 75.7 Å². The van der Waals surface area contributed by atoms with Gasteiger partial charge in [0.15, 0.2) is 0 Å². The lowest BCUT2D eigenvalue weighted by atomic mass is 9.65. The molecule has 2 nitrogen and oxygen atoms in total. The van der Waals surface area contributed by atoms with Crippen molar-refractivity contribution in [3.05, 3.63) is 0 Å². The molecule has 0 heterocycles. The lowest BCUT2D eigenvalue weighted by Gasteiger charge is -2.42. The highest BCUT2D eigenvalue weighted by atomic mass is 16.1. The van der Waals surface area contributed by atoms with E-state index in [-0.39, 0.29) is 16.9 Å². The Bertz CT molecular complexity index is 156. The minimum absolute atomic E-state index is 0.0243. The van der Waals surface area contributed by atoms with E-state index in [0.717, 1.165) is 6.29 Å². The molecule has 0 aromatic heterocycles. The van der Waals surface area contributed by atoms with Crippen LogP contribution >= 0.6 is 0 Å². The minimum Gasteiger partial charge on any atom is -0.310 e. The molecule has 2 heteroatoms. The van der Waals surface area contributed by atoms with Gasteiger partial charge in [0, 0.05) is 0 Å². The molecule has 0 aliphatic carbocycles. The van der Waals surface area contributed by atoms with Crippen molar-refractivity contribution in [3.63, 3.8) is 0 Å². The van der Waals surface area contributed by atoms with Crippen molar-refractivity contribution >= 4 is 6.29 Å². The van der Waals surface area contributed by atoms with E-state index >= 15 is 0 Å². The lowest BCUT2D eigenvalue weighted by molar-refractivity contribution is -0.113. The number of carbonyl (C=O) groups excluding carboxylic acids is 1. The van der Waals surface area contributed by atoms with Gasteiger partial charge in [0.1, 0.15) is 6.29 Å². The third-order valence-electron chi connectivity index (χ3n) is 3.16. The summed E-state index contributed by atoms with van der Waals surface area (Å²) in [6.07, 6.45) is 0.991. The Morgan fingerprint density at radius 1 is 1.17 bits per heavy atom. The Balaban J connectivity index is 4.69. The highest BCUT2D eigenvalue weighted by molar-refractivity contribution is 5.59. The van der Waals surface area contributed by atoms with E-state index in [0.29, 0.717) is 0 Å². The van der Waals surface area contributed by atoms with E-state index in [1.54, 1.807) is 0 Å². The third kappa shape index (κ3) is 2.07. The van der Waals surface area contributed by atoms with Gasteiger partial charge in [-0.2, -0.15) is 0 Å². The number of hydrogen-bond acceptors (Lipinski definition) is 2. The van der Waals surface area contributed by atoms with Crippen LogP contribution < -0.4 is 5.32 Å². The van der Waals surface area contributed by atoms with Crippen LogP contribution in [0.2, 0.25) is 0 Å². The highest BCUT2D eigenvalue weighted by Gasteiger charge is 2.39. The standard InChI is InChI=1S/C10H21NO/c1-9(2,3)10(4,5)8(7-12)11-6/h7-8,11H,1-6H3. The van der Waals surface area contributed by atoms with Crippen molar-refractivity contribution in [2.75, 3.05) is 7.05 Å². The van der Waals surface area contributed by atoms with E-state index < -0.39 is 0 Å². The second kappa shape index (κ2) is 3.56. The van der Waals surface area contributed by atoms with Crippen LogP contribution in [0.25, 0.3) is 0 Å². The van der Waals surface area contributed by atoms with Crippen molar-refractivity contribution in [3.8, 4) is 0 Å². The highest BCUT2D eigenvalue weighted by Crippen LogP contribution is 2.39. The maximum absolute atomic E-state index is 10.8. The van der Waals surface area contributed by atoms with Crippen molar-refractivity contribution in [2.24, 2.45) is 10.8 Å². The normalized spacial score (nSPS) is 15.8. The van der Waals surface area contributed by atoms with Crippen LogP contribution in [0.15, 0.2) is 0 Å². The first-order valence-corrected chi connectivity index (χ1v) is 4.40. The Kier molecular flexibility index (Phi) is 3.45. The van der Waals surface area contributed by atoms with Crippen molar-refractivity contribution in [2.45, 2.75) is 40.7 Å². The molecule has 12 heavy (non-hydrogen) atoms. The van der Waals surface area contributed by atoms with Crippen LogP contribution in [0.5, 0.6) is 0 Å². The molecule has 0 aliphatic heterocycles. The third-order valence-corrected chi connectivity index (χ3v) is 3.16. The zero-order chi connectivity index (χ0) is 9.99. The second-order valence-electron chi connectivity index (χ2n) is 4.87. The van der Waals surface area contributed by atoms with Gasteiger partial charge in [0.25, 0.3) is 0 Å². The average Bonchev–Trinajstić information content (AvgIpc) is 1.87. The van der Waals surface area contributed by atoms with Crippen LogP contribution in [-0.2, 0) is 4.79 Å². The van der Waals surface area contributed by atoms with Gasteiger partial charge >= 0.3 is 0 Å². The van der Waals surface area contributed by atoms with Gasteiger partial charge in [-0.05, 0) is 17.9 Å². The Morgan fingerprint density at radius 3 is 1.67 bits per heavy atom.